The first-order chi connectivity index (χ1) is 7.24. The Morgan fingerprint density at radius 3 is 3.13 bits per heavy atom. The summed E-state index contributed by atoms with van der Waals surface area (Å²) in [5.41, 5.74) is 5.58. The number of rotatable bonds is 2. The Bertz CT molecular complexity index is 331. The number of hydrogen-bond donors (Lipinski definition) is 2. The summed E-state index contributed by atoms with van der Waals surface area (Å²) in [7, 11) is 0. The van der Waals surface area contributed by atoms with Gasteiger partial charge in [0.2, 0.25) is 0 Å². The number of nitrogens with zero attached hydrogens (tertiary/aromatic N) is 2. The first-order valence-electron chi connectivity index (χ1n) is 5.19. The lowest BCUT2D eigenvalue weighted by Gasteiger charge is -2.28. The molecule has 5 heteroatoms. The van der Waals surface area contributed by atoms with Crippen molar-refractivity contribution in [2.24, 2.45) is 0 Å². The van der Waals surface area contributed by atoms with E-state index in [1.807, 2.05) is 0 Å². The Balaban J connectivity index is 1.96. The van der Waals surface area contributed by atoms with E-state index in [0.29, 0.717) is 18.0 Å². The van der Waals surface area contributed by atoms with Crippen LogP contribution in [-0.2, 0) is 4.74 Å². The molecule has 0 aromatic carbocycles. The molecule has 0 bridgehead atoms. The molecule has 1 aromatic heterocycles. The van der Waals surface area contributed by atoms with Gasteiger partial charge in [0, 0.05) is 18.7 Å². The van der Waals surface area contributed by atoms with Crippen molar-refractivity contribution < 1.29 is 4.74 Å². The Morgan fingerprint density at radius 1 is 1.53 bits per heavy atom. The van der Waals surface area contributed by atoms with Crippen LogP contribution in [0.4, 0.5) is 11.6 Å². The third-order valence-electron chi connectivity index (χ3n) is 2.53. The summed E-state index contributed by atoms with van der Waals surface area (Å²) in [6.07, 6.45) is 3.80. The summed E-state index contributed by atoms with van der Waals surface area (Å²) in [6, 6.07) is 2.17. The first kappa shape index (κ1) is 10.2. The summed E-state index contributed by atoms with van der Waals surface area (Å²) in [6.45, 7) is 2.89. The average Bonchev–Trinajstić information content (AvgIpc) is 2.17. The molecular weight excluding hydrogens is 192 g/mol. The van der Waals surface area contributed by atoms with Crippen molar-refractivity contribution >= 4 is 11.6 Å². The van der Waals surface area contributed by atoms with Crippen LogP contribution in [0.5, 0.6) is 0 Å². The average molecular weight is 208 g/mol. The maximum atomic E-state index is 5.58. The fourth-order valence-electron chi connectivity index (χ4n) is 1.79. The highest BCUT2D eigenvalue weighted by Crippen LogP contribution is 2.17. The van der Waals surface area contributed by atoms with Gasteiger partial charge in [-0.3, -0.25) is 0 Å². The predicted molar refractivity (Wildman–Crippen MR) is 58.5 cm³/mol. The van der Waals surface area contributed by atoms with Gasteiger partial charge in [-0.15, -0.1) is 0 Å². The highest BCUT2D eigenvalue weighted by Gasteiger charge is 2.19. The fraction of sp³-hybridized carbons (Fsp3) is 0.600. The van der Waals surface area contributed by atoms with Gasteiger partial charge in [-0.2, -0.15) is 0 Å². The maximum Gasteiger partial charge on any atom is 0.131 e. The third kappa shape index (κ3) is 2.79. The van der Waals surface area contributed by atoms with Crippen LogP contribution >= 0.6 is 0 Å². The zero-order valence-corrected chi connectivity index (χ0v) is 8.81. The van der Waals surface area contributed by atoms with Gasteiger partial charge in [0.15, 0.2) is 0 Å². The minimum Gasteiger partial charge on any atom is -0.384 e. The highest BCUT2D eigenvalue weighted by molar-refractivity contribution is 5.43. The molecule has 0 spiro atoms. The maximum absolute atomic E-state index is 5.58. The van der Waals surface area contributed by atoms with Crippen LogP contribution in [0, 0.1) is 0 Å². The number of nitrogen functional groups attached to an aromatic ring is 1. The molecule has 2 rings (SSSR count). The van der Waals surface area contributed by atoms with Crippen LogP contribution in [0.3, 0.4) is 0 Å². The molecule has 1 aliphatic heterocycles. The van der Waals surface area contributed by atoms with E-state index in [1.165, 1.54) is 6.33 Å². The minimum absolute atomic E-state index is 0.315. The molecule has 0 radical (unpaired) electrons. The van der Waals surface area contributed by atoms with Gasteiger partial charge >= 0.3 is 0 Å². The van der Waals surface area contributed by atoms with E-state index in [1.54, 1.807) is 6.07 Å². The topological polar surface area (TPSA) is 73.1 Å². The standard InChI is InChI=1S/C10H16N4O/c1-7-4-8(2-3-15-7)14-10-5-9(11)12-6-13-10/h5-8H,2-4H2,1H3,(H3,11,12,13,14). The van der Waals surface area contributed by atoms with E-state index < -0.39 is 0 Å². The van der Waals surface area contributed by atoms with Gasteiger partial charge in [-0.25, -0.2) is 9.97 Å². The summed E-state index contributed by atoms with van der Waals surface area (Å²) < 4.78 is 5.47. The van der Waals surface area contributed by atoms with E-state index in [0.717, 1.165) is 25.3 Å². The number of hydrogen-bond acceptors (Lipinski definition) is 5. The van der Waals surface area contributed by atoms with Crippen LogP contribution in [0.1, 0.15) is 19.8 Å². The van der Waals surface area contributed by atoms with Gasteiger partial charge in [0.05, 0.1) is 6.10 Å². The predicted octanol–water partition coefficient (Wildman–Crippen LogP) is 1.04. The second-order valence-corrected chi connectivity index (χ2v) is 3.88. The quantitative estimate of drug-likeness (QED) is 0.759. The molecule has 0 amide bonds. The van der Waals surface area contributed by atoms with Gasteiger partial charge in [0.1, 0.15) is 18.0 Å². The van der Waals surface area contributed by atoms with Crippen molar-refractivity contribution in [2.45, 2.75) is 31.9 Å². The van der Waals surface area contributed by atoms with Gasteiger partial charge < -0.3 is 15.8 Å². The molecule has 15 heavy (non-hydrogen) atoms. The van der Waals surface area contributed by atoms with Gasteiger partial charge in [-0.05, 0) is 19.8 Å². The molecule has 82 valence electrons. The molecule has 1 aromatic rings. The van der Waals surface area contributed by atoms with E-state index in [9.17, 15) is 0 Å². The molecule has 1 aliphatic rings. The molecule has 5 nitrogen and oxygen atoms in total. The largest absolute Gasteiger partial charge is 0.384 e. The number of nitrogens with two attached hydrogens (primary N) is 1. The molecule has 1 fully saturated rings. The Kier molecular flexibility index (Phi) is 3.01. The highest BCUT2D eigenvalue weighted by atomic mass is 16.5. The monoisotopic (exact) mass is 208 g/mol. The van der Waals surface area contributed by atoms with Crippen LogP contribution in [0.15, 0.2) is 12.4 Å². The minimum atomic E-state index is 0.315. The van der Waals surface area contributed by atoms with Gasteiger partial charge in [0.25, 0.3) is 0 Å². The molecule has 2 heterocycles. The van der Waals surface area contributed by atoms with Crippen molar-refractivity contribution in [3.63, 3.8) is 0 Å². The smallest absolute Gasteiger partial charge is 0.131 e. The normalized spacial score (nSPS) is 26.2. The number of aromatic nitrogens is 2. The molecular formula is C10H16N4O. The van der Waals surface area contributed by atoms with Crippen LogP contribution in [0.2, 0.25) is 0 Å². The lowest BCUT2D eigenvalue weighted by molar-refractivity contribution is 0.0232. The summed E-state index contributed by atoms with van der Waals surface area (Å²) in [4.78, 5) is 7.97. The molecule has 0 aliphatic carbocycles. The molecule has 3 N–H and O–H groups in total. The van der Waals surface area contributed by atoms with Crippen molar-refractivity contribution in [1.82, 2.24) is 9.97 Å². The molecule has 1 saturated heterocycles. The third-order valence-corrected chi connectivity index (χ3v) is 2.53. The Morgan fingerprint density at radius 2 is 2.40 bits per heavy atom. The second kappa shape index (κ2) is 4.44. The van der Waals surface area contributed by atoms with E-state index in [2.05, 4.69) is 22.2 Å². The van der Waals surface area contributed by atoms with Crippen LogP contribution < -0.4 is 11.1 Å². The van der Waals surface area contributed by atoms with Crippen molar-refractivity contribution in [1.29, 1.82) is 0 Å². The van der Waals surface area contributed by atoms with Gasteiger partial charge in [-0.1, -0.05) is 0 Å². The first-order valence-corrected chi connectivity index (χ1v) is 5.19. The molecule has 0 saturated carbocycles. The lowest BCUT2D eigenvalue weighted by Crippen LogP contribution is -2.32. The summed E-state index contributed by atoms with van der Waals surface area (Å²) >= 11 is 0. The van der Waals surface area contributed by atoms with E-state index in [-0.39, 0.29) is 0 Å². The van der Waals surface area contributed by atoms with Crippen molar-refractivity contribution in [2.75, 3.05) is 17.7 Å². The summed E-state index contributed by atoms with van der Waals surface area (Å²) in [5.74, 6) is 1.29. The Hall–Kier alpha value is -1.36. The van der Waals surface area contributed by atoms with Crippen molar-refractivity contribution in [3.05, 3.63) is 12.4 Å². The zero-order valence-electron chi connectivity index (χ0n) is 8.81. The lowest BCUT2D eigenvalue weighted by atomic mass is 10.0. The molecule has 2 atom stereocenters. The Labute approximate surface area is 89.1 Å². The van der Waals surface area contributed by atoms with E-state index >= 15 is 0 Å². The number of ether oxygens (including phenoxy) is 1. The SMILES string of the molecule is CC1CC(Nc2cc(N)ncn2)CCO1. The number of nitrogens with one attached hydrogen (secondary N) is 1. The van der Waals surface area contributed by atoms with E-state index in [4.69, 9.17) is 10.5 Å². The van der Waals surface area contributed by atoms with Crippen LogP contribution in [0.25, 0.3) is 0 Å². The zero-order chi connectivity index (χ0) is 10.7. The second-order valence-electron chi connectivity index (χ2n) is 3.88. The summed E-state index contributed by atoms with van der Waals surface area (Å²) in [5, 5.41) is 3.34. The molecule has 2 unspecified atom stereocenters. The number of anilines is 2. The van der Waals surface area contributed by atoms with Crippen molar-refractivity contribution in [3.8, 4) is 0 Å². The van der Waals surface area contributed by atoms with Crippen LogP contribution in [-0.4, -0.2) is 28.7 Å². The fourth-order valence-corrected chi connectivity index (χ4v) is 1.79.